The number of aromatic amines is 1. The molecule has 0 aliphatic heterocycles. The minimum atomic E-state index is 0.0405. The molecule has 2 aromatic rings. The minimum Gasteiger partial charge on any atom is -0.381 e. The van der Waals surface area contributed by atoms with Gasteiger partial charge in [-0.1, -0.05) is 5.16 Å². The number of nitrogens with one attached hydrogen (secondary N) is 1. The summed E-state index contributed by atoms with van der Waals surface area (Å²) in [6, 6.07) is 5.40. The topological polar surface area (TPSA) is 87.7 Å². The van der Waals surface area contributed by atoms with Gasteiger partial charge in [0.15, 0.2) is 5.82 Å². The number of hydrogen-bond donors (Lipinski definition) is 1. The van der Waals surface area contributed by atoms with Gasteiger partial charge in [-0.15, -0.1) is 0 Å². The molecule has 1 N–H and O–H groups in total. The number of ether oxygens (including phenoxy) is 1. The van der Waals surface area contributed by atoms with Gasteiger partial charge in [0.05, 0.1) is 6.10 Å². The molecule has 2 rings (SSSR count). The zero-order chi connectivity index (χ0) is 12.3. The molecule has 2 aromatic heterocycles. The Morgan fingerprint density at radius 2 is 2.41 bits per heavy atom. The average molecular weight is 232 g/mol. The lowest BCUT2D eigenvalue weighted by Gasteiger charge is -2.03. The van der Waals surface area contributed by atoms with E-state index in [1.807, 2.05) is 13.0 Å². The van der Waals surface area contributed by atoms with E-state index < -0.39 is 0 Å². The molecular formula is C11H12N4O2. The van der Waals surface area contributed by atoms with Crippen LogP contribution in [0.5, 0.6) is 0 Å². The molecule has 0 radical (unpaired) electrons. The van der Waals surface area contributed by atoms with E-state index in [0.29, 0.717) is 29.5 Å². The van der Waals surface area contributed by atoms with Gasteiger partial charge < -0.3 is 14.2 Å². The molecule has 1 unspecified atom stereocenters. The molecule has 0 aromatic carbocycles. The first-order valence-electron chi connectivity index (χ1n) is 5.17. The van der Waals surface area contributed by atoms with Crippen molar-refractivity contribution in [3.8, 4) is 17.7 Å². The summed E-state index contributed by atoms with van der Waals surface area (Å²) in [7, 11) is 1.63. The minimum absolute atomic E-state index is 0.0405. The zero-order valence-corrected chi connectivity index (χ0v) is 9.60. The van der Waals surface area contributed by atoms with Crippen LogP contribution in [-0.2, 0) is 11.2 Å². The molecule has 88 valence electrons. The number of methoxy groups -OCH3 is 1. The van der Waals surface area contributed by atoms with E-state index in [2.05, 4.69) is 15.1 Å². The highest BCUT2D eigenvalue weighted by Crippen LogP contribution is 2.16. The highest BCUT2D eigenvalue weighted by molar-refractivity contribution is 5.49. The number of H-pyrrole nitrogens is 1. The Labute approximate surface area is 98.2 Å². The van der Waals surface area contributed by atoms with Crippen LogP contribution in [0.3, 0.4) is 0 Å². The van der Waals surface area contributed by atoms with E-state index in [0.717, 1.165) is 0 Å². The second-order valence-electron chi connectivity index (χ2n) is 3.66. The van der Waals surface area contributed by atoms with Gasteiger partial charge in [-0.2, -0.15) is 10.2 Å². The Morgan fingerprint density at radius 3 is 3.06 bits per heavy atom. The quantitative estimate of drug-likeness (QED) is 0.863. The molecule has 2 heterocycles. The van der Waals surface area contributed by atoms with Crippen molar-refractivity contribution in [1.29, 1.82) is 5.26 Å². The van der Waals surface area contributed by atoms with Gasteiger partial charge in [0.1, 0.15) is 17.5 Å². The van der Waals surface area contributed by atoms with Gasteiger partial charge in [0.25, 0.3) is 5.89 Å². The molecule has 6 heteroatoms. The van der Waals surface area contributed by atoms with Crippen molar-refractivity contribution in [2.24, 2.45) is 0 Å². The first kappa shape index (κ1) is 11.4. The van der Waals surface area contributed by atoms with Crippen LogP contribution < -0.4 is 0 Å². The van der Waals surface area contributed by atoms with Crippen LogP contribution in [0.25, 0.3) is 11.6 Å². The van der Waals surface area contributed by atoms with Gasteiger partial charge >= 0.3 is 0 Å². The van der Waals surface area contributed by atoms with Crippen molar-refractivity contribution in [3.05, 3.63) is 23.7 Å². The number of rotatable bonds is 4. The number of nitrogens with zero attached hydrogens (tertiary/aromatic N) is 3. The smallest absolute Gasteiger partial charge is 0.274 e. The van der Waals surface area contributed by atoms with E-state index in [9.17, 15) is 0 Å². The summed E-state index contributed by atoms with van der Waals surface area (Å²) < 4.78 is 10.2. The summed E-state index contributed by atoms with van der Waals surface area (Å²) >= 11 is 0. The van der Waals surface area contributed by atoms with E-state index >= 15 is 0 Å². The first-order chi connectivity index (χ1) is 8.22. The molecule has 0 amide bonds. The summed E-state index contributed by atoms with van der Waals surface area (Å²) in [5, 5.41) is 12.5. The van der Waals surface area contributed by atoms with Gasteiger partial charge in [0, 0.05) is 13.5 Å². The molecule has 0 saturated carbocycles. The molecule has 0 aliphatic carbocycles. The maximum atomic E-state index is 8.69. The van der Waals surface area contributed by atoms with Crippen molar-refractivity contribution >= 4 is 0 Å². The molecular weight excluding hydrogens is 220 g/mol. The summed E-state index contributed by atoms with van der Waals surface area (Å²) in [5.74, 6) is 0.965. The highest BCUT2D eigenvalue weighted by atomic mass is 16.5. The maximum absolute atomic E-state index is 8.69. The van der Waals surface area contributed by atoms with Gasteiger partial charge in [-0.05, 0) is 19.1 Å². The Morgan fingerprint density at radius 1 is 1.59 bits per heavy atom. The lowest BCUT2D eigenvalue weighted by molar-refractivity contribution is 0.116. The lowest BCUT2D eigenvalue weighted by atomic mass is 10.3. The summed E-state index contributed by atoms with van der Waals surface area (Å²) in [6.07, 6.45) is 0.630. The lowest BCUT2D eigenvalue weighted by Crippen LogP contribution is -2.09. The van der Waals surface area contributed by atoms with Crippen molar-refractivity contribution in [3.63, 3.8) is 0 Å². The van der Waals surface area contributed by atoms with Crippen molar-refractivity contribution in [2.75, 3.05) is 7.11 Å². The molecule has 1 atom stereocenters. The molecule has 0 fully saturated rings. The Bertz CT molecular complexity index is 538. The molecule has 0 bridgehead atoms. The van der Waals surface area contributed by atoms with E-state index in [-0.39, 0.29) is 6.10 Å². The fraction of sp³-hybridized carbons (Fsp3) is 0.364. The predicted octanol–water partition coefficient (Wildman–Crippen LogP) is 1.51. The monoisotopic (exact) mass is 232 g/mol. The maximum Gasteiger partial charge on any atom is 0.274 e. The van der Waals surface area contributed by atoms with Crippen LogP contribution in [0.15, 0.2) is 16.7 Å². The van der Waals surface area contributed by atoms with Gasteiger partial charge in [-0.25, -0.2) is 0 Å². The molecule has 6 nitrogen and oxygen atoms in total. The Kier molecular flexibility index (Phi) is 3.21. The van der Waals surface area contributed by atoms with Crippen LogP contribution in [-0.4, -0.2) is 28.3 Å². The number of aromatic nitrogens is 3. The normalized spacial score (nSPS) is 12.3. The second-order valence-corrected chi connectivity index (χ2v) is 3.66. The molecule has 0 aliphatic rings. The zero-order valence-electron chi connectivity index (χ0n) is 9.60. The van der Waals surface area contributed by atoms with Gasteiger partial charge in [0.2, 0.25) is 0 Å². The van der Waals surface area contributed by atoms with Crippen molar-refractivity contribution in [2.45, 2.75) is 19.4 Å². The third-order valence-electron chi connectivity index (χ3n) is 2.38. The molecule has 0 saturated heterocycles. The first-order valence-corrected chi connectivity index (χ1v) is 5.17. The van der Waals surface area contributed by atoms with Crippen LogP contribution >= 0.6 is 0 Å². The second kappa shape index (κ2) is 4.80. The number of hydrogen-bond acceptors (Lipinski definition) is 5. The fourth-order valence-electron chi connectivity index (χ4n) is 1.37. The highest BCUT2D eigenvalue weighted by Gasteiger charge is 2.12. The van der Waals surface area contributed by atoms with Crippen LogP contribution in [0.1, 0.15) is 18.4 Å². The summed E-state index contributed by atoms with van der Waals surface area (Å²) in [4.78, 5) is 7.09. The molecule has 0 spiro atoms. The largest absolute Gasteiger partial charge is 0.381 e. The predicted molar refractivity (Wildman–Crippen MR) is 59.0 cm³/mol. The van der Waals surface area contributed by atoms with Crippen molar-refractivity contribution < 1.29 is 9.26 Å². The van der Waals surface area contributed by atoms with Crippen LogP contribution in [0.4, 0.5) is 0 Å². The number of nitriles is 1. The van der Waals surface area contributed by atoms with E-state index in [4.69, 9.17) is 14.5 Å². The fourth-order valence-corrected chi connectivity index (χ4v) is 1.37. The Hall–Kier alpha value is -2.13. The van der Waals surface area contributed by atoms with Crippen LogP contribution in [0.2, 0.25) is 0 Å². The van der Waals surface area contributed by atoms with E-state index in [1.165, 1.54) is 0 Å². The van der Waals surface area contributed by atoms with E-state index in [1.54, 1.807) is 19.2 Å². The standard InChI is InChI=1S/C11H12N4O2/c1-7(16-2)5-10-14-11(17-15-10)9-4-3-8(6-12)13-9/h3-4,7,13H,5H2,1-2H3. The SMILES string of the molecule is COC(C)Cc1noc(-c2ccc(C#N)[nH]2)n1. The third-order valence-corrected chi connectivity index (χ3v) is 2.38. The Balaban J connectivity index is 2.15. The molecule has 17 heavy (non-hydrogen) atoms. The average Bonchev–Trinajstić information content (AvgIpc) is 2.96. The van der Waals surface area contributed by atoms with Crippen molar-refractivity contribution in [1.82, 2.24) is 15.1 Å². The third kappa shape index (κ3) is 2.52. The summed E-state index contributed by atoms with van der Waals surface area (Å²) in [6.45, 7) is 1.93. The summed E-state index contributed by atoms with van der Waals surface area (Å²) in [5.41, 5.74) is 1.11. The van der Waals surface area contributed by atoms with Gasteiger partial charge in [-0.3, -0.25) is 0 Å². The van der Waals surface area contributed by atoms with Crippen LogP contribution in [0, 0.1) is 11.3 Å².